The summed E-state index contributed by atoms with van der Waals surface area (Å²) in [6.45, 7) is 8.18. The Kier molecular flexibility index (Phi) is 6.90. The van der Waals surface area contributed by atoms with E-state index in [-0.39, 0.29) is 11.6 Å². The maximum absolute atomic E-state index is 13.3. The van der Waals surface area contributed by atoms with Crippen LogP contribution in [0.2, 0.25) is 0 Å². The maximum Gasteiger partial charge on any atom is 0.328 e. The number of hydrogen-bond donors (Lipinski definition) is 1. The van der Waals surface area contributed by atoms with E-state index in [1.54, 1.807) is 18.3 Å². The predicted molar refractivity (Wildman–Crippen MR) is 140 cm³/mol. The van der Waals surface area contributed by atoms with Crippen LogP contribution in [0.3, 0.4) is 0 Å². The standard InChI is InChI=1S/C26H30N4O5S/c1-7-35-25-22(34-5)12-11-20(28-25)21(14-36(6,32)33)30-24-23(29-26(30)31)17(4)19(13-27-24)18-10-8-9-15(2)16(18)3/h8-13,21H,7,14H2,1-6H3,(H,29,31). The Balaban J connectivity index is 1.94. The number of rotatable bonds is 8. The first kappa shape index (κ1) is 25.4. The number of aromatic nitrogens is 4. The lowest BCUT2D eigenvalue weighted by Gasteiger charge is -2.19. The summed E-state index contributed by atoms with van der Waals surface area (Å²) in [5.41, 5.74) is 5.85. The van der Waals surface area contributed by atoms with Gasteiger partial charge in [0.2, 0.25) is 0 Å². The number of ether oxygens (including phenoxy) is 2. The van der Waals surface area contributed by atoms with Gasteiger partial charge in [0.15, 0.2) is 11.4 Å². The topological polar surface area (TPSA) is 116 Å². The van der Waals surface area contributed by atoms with E-state index in [1.807, 2.05) is 39.0 Å². The molecule has 0 bridgehead atoms. The fourth-order valence-corrected chi connectivity index (χ4v) is 5.28. The zero-order chi connectivity index (χ0) is 26.2. The van der Waals surface area contributed by atoms with Crippen molar-refractivity contribution in [3.05, 3.63) is 69.4 Å². The van der Waals surface area contributed by atoms with Crippen LogP contribution in [-0.4, -0.2) is 53.7 Å². The number of H-pyrrole nitrogens is 1. The van der Waals surface area contributed by atoms with Crippen molar-refractivity contribution in [1.82, 2.24) is 19.5 Å². The Morgan fingerprint density at radius 2 is 1.83 bits per heavy atom. The number of nitrogens with zero attached hydrogens (tertiary/aromatic N) is 3. The van der Waals surface area contributed by atoms with Crippen molar-refractivity contribution in [2.24, 2.45) is 0 Å². The summed E-state index contributed by atoms with van der Waals surface area (Å²) in [6, 6.07) is 8.43. The van der Waals surface area contributed by atoms with E-state index in [2.05, 4.69) is 21.9 Å². The molecule has 0 aliphatic carbocycles. The summed E-state index contributed by atoms with van der Waals surface area (Å²) in [4.78, 5) is 25.3. The molecule has 1 unspecified atom stereocenters. The molecule has 0 saturated heterocycles. The van der Waals surface area contributed by atoms with Gasteiger partial charge in [-0.3, -0.25) is 4.57 Å². The van der Waals surface area contributed by atoms with Gasteiger partial charge in [-0.25, -0.2) is 23.2 Å². The molecule has 36 heavy (non-hydrogen) atoms. The lowest BCUT2D eigenvalue weighted by Crippen LogP contribution is -2.29. The number of pyridine rings is 2. The van der Waals surface area contributed by atoms with E-state index in [0.717, 1.165) is 34.1 Å². The molecule has 9 nitrogen and oxygen atoms in total. The fourth-order valence-electron chi connectivity index (χ4n) is 4.39. The van der Waals surface area contributed by atoms with Crippen LogP contribution in [0.4, 0.5) is 0 Å². The van der Waals surface area contributed by atoms with E-state index in [1.165, 1.54) is 11.7 Å². The minimum Gasteiger partial charge on any atom is -0.491 e. The van der Waals surface area contributed by atoms with Crippen LogP contribution in [-0.2, 0) is 9.84 Å². The molecule has 0 fully saturated rings. The van der Waals surface area contributed by atoms with Crippen molar-refractivity contribution in [3.8, 4) is 22.8 Å². The number of aromatic amines is 1. The Morgan fingerprint density at radius 1 is 1.08 bits per heavy atom. The maximum atomic E-state index is 13.3. The number of methoxy groups -OCH3 is 1. The van der Waals surface area contributed by atoms with Gasteiger partial charge in [-0.1, -0.05) is 18.2 Å². The summed E-state index contributed by atoms with van der Waals surface area (Å²) in [7, 11) is -2.01. The normalized spacial score (nSPS) is 12.6. The SMILES string of the molecule is CCOc1nc(C(CS(C)(=O)=O)n2c(=O)[nH]c3c(C)c(-c4cccc(C)c4C)cnc32)ccc1OC. The first-order valence-electron chi connectivity index (χ1n) is 11.6. The average Bonchev–Trinajstić information content (AvgIpc) is 3.16. The lowest BCUT2D eigenvalue weighted by molar-refractivity contribution is 0.296. The van der Waals surface area contributed by atoms with E-state index < -0.39 is 21.6 Å². The van der Waals surface area contributed by atoms with Crippen molar-refractivity contribution in [2.45, 2.75) is 33.7 Å². The molecule has 0 spiro atoms. The smallest absolute Gasteiger partial charge is 0.328 e. The van der Waals surface area contributed by atoms with Gasteiger partial charge in [-0.2, -0.15) is 0 Å². The molecule has 1 aromatic carbocycles. The highest BCUT2D eigenvalue weighted by molar-refractivity contribution is 7.90. The summed E-state index contributed by atoms with van der Waals surface area (Å²) < 4.78 is 37.1. The third kappa shape index (κ3) is 4.73. The Bertz CT molecular complexity index is 1600. The minimum atomic E-state index is -3.51. The largest absolute Gasteiger partial charge is 0.491 e. The highest BCUT2D eigenvalue weighted by atomic mass is 32.2. The third-order valence-electron chi connectivity index (χ3n) is 6.35. The van der Waals surface area contributed by atoms with Gasteiger partial charge in [0.1, 0.15) is 9.84 Å². The second-order valence-electron chi connectivity index (χ2n) is 8.83. The predicted octanol–water partition coefficient (Wildman–Crippen LogP) is 3.75. The van der Waals surface area contributed by atoms with E-state index >= 15 is 0 Å². The molecule has 0 amide bonds. The molecule has 1 atom stereocenters. The van der Waals surface area contributed by atoms with Crippen molar-refractivity contribution in [2.75, 3.05) is 25.7 Å². The highest BCUT2D eigenvalue weighted by Gasteiger charge is 2.27. The number of nitrogens with one attached hydrogen (secondary N) is 1. The molecule has 4 aromatic rings. The highest BCUT2D eigenvalue weighted by Crippen LogP contribution is 2.33. The molecule has 190 valence electrons. The Hall–Kier alpha value is -3.66. The molecule has 0 aliphatic heterocycles. The summed E-state index contributed by atoms with van der Waals surface area (Å²) >= 11 is 0. The molecule has 0 radical (unpaired) electrons. The van der Waals surface area contributed by atoms with Crippen molar-refractivity contribution < 1.29 is 17.9 Å². The second kappa shape index (κ2) is 9.77. The summed E-state index contributed by atoms with van der Waals surface area (Å²) in [5, 5.41) is 0. The number of sulfone groups is 1. The van der Waals surface area contributed by atoms with Gasteiger partial charge in [-0.15, -0.1) is 0 Å². The quantitative estimate of drug-likeness (QED) is 0.384. The van der Waals surface area contributed by atoms with Gasteiger partial charge < -0.3 is 14.5 Å². The fraction of sp³-hybridized carbons (Fsp3) is 0.346. The Labute approximate surface area is 210 Å². The second-order valence-corrected chi connectivity index (χ2v) is 11.0. The summed E-state index contributed by atoms with van der Waals surface area (Å²) in [6.07, 6.45) is 2.86. The first-order chi connectivity index (χ1) is 17.1. The molecule has 0 saturated carbocycles. The van der Waals surface area contributed by atoms with E-state index in [4.69, 9.17) is 9.47 Å². The molecular formula is C26H30N4O5S. The number of hydrogen-bond acceptors (Lipinski definition) is 7. The van der Waals surface area contributed by atoms with Crippen molar-refractivity contribution in [3.63, 3.8) is 0 Å². The third-order valence-corrected chi connectivity index (χ3v) is 7.28. The minimum absolute atomic E-state index is 0.227. The van der Waals surface area contributed by atoms with E-state index in [0.29, 0.717) is 29.2 Å². The van der Waals surface area contributed by atoms with Gasteiger partial charge in [-0.05, 0) is 62.1 Å². The molecule has 1 N–H and O–H groups in total. The molecule has 3 aromatic heterocycles. The van der Waals surface area contributed by atoms with Crippen LogP contribution in [0, 0.1) is 20.8 Å². The van der Waals surface area contributed by atoms with Crippen LogP contribution in [0.1, 0.15) is 35.3 Å². The van der Waals surface area contributed by atoms with E-state index in [9.17, 15) is 13.2 Å². The van der Waals surface area contributed by atoms with Crippen LogP contribution in [0.15, 0.2) is 41.3 Å². The monoisotopic (exact) mass is 510 g/mol. The summed E-state index contributed by atoms with van der Waals surface area (Å²) in [5.74, 6) is 0.298. The number of fused-ring (bicyclic) bond motifs is 1. The number of benzene rings is 1. The van der Waals surface area contributed by atoms with Gasteiger partial charge >= 0.3 is 5.69 Å². The zero-order valence-corrected chi connectivity index (χ0v) is 22.1. The molecule has 4 rings (SSSR count). The molecular weight excluding hydrogens is 480 g/mol. The van der Waals surface area contributed by atoms with Crippen molar-refractivity contribution >= 4 is 21.0 Å². The molecule has 10 heteroatoms. The van der Waals surface area contributed by atoms with Crippen LogP contribution in [0.25, 0.3) is 22.3 Å². The van der Waals surface area contributed by atoms with Crippen molar-refractivity contribution in [1.29, 1.82) is 0 Å². The molecule has 3 heterocycles. The lowest BCUT2D eigenvalue weighted by atomic mass is 9.95. The number of aryl methyl sites for hydroxylation is 2. The number of imidazole rings is 1. The van der Waals surface area contributed by atoms with Gasteiger partial charge in [0.25, 0.3) is 5.88 Å². The van der Waals surface area contributed by atoms with Crippen LogP contribution < -0.4 is 15.2 Å². The van der Waals surface area contributed by atoms with Gasteiger partial charge in [0.05, 0.1) is 36.7 Å². The Morgan fingerprint density at radius 3 is 2.50 bits per heavy atom. The average molecular weight is 511 g/mol. The first-order valence-corrected chi connectivity index (χ1v) is 13.6. The van der Waals surface area contributed by atoms with Crippen LogP contribution >= 0.6 is 0 Å². The zero-order valence-electron chi connectivity index (χ0n) is 21.2. The van der Waals surface area contributed by atoms with Gasteiger partial charge in [0, 0.05) is 18.0 Å². The molecule has 0 aliphatic rings. The van der Waals surface area contributed by atoms with Crippen LogP contribution in [0.5, 0.6) is 11.6 Å².